The fourth-order valence-corrected chi connectivity index (χ4v) is 3.24. The molecule has 7 nitrogen and oxygen atoms in total. The van der Waals surface area contributed by atoms with Crippen molar-refractivity contribution in [2.75, 3.05) is 31.1 Å². The van der Waals surface area contributed by atoms with Gasteiger partial charge in [0.15, 0.2) is 0 Å². The molecule has 1 fully saturated rings. The lowest BCUT2D eigenvalue weighted by Crippen LogP contribution is -2.46. The Balaban J connectivity index is 1.58. The van der Waals surface area contributed by atoms with Crippen LogP contribution < -0.4 is 4.90 Å². The van der Waals surface area contributed by atoms with E-state index >= 15 is 0 Å². The maximum Gasteiger partial charge on any atom is 0.245 e. The van der Waals surface area contributed by atoms with Crippen LogP contribution in [0.25, 0.3) is 0 Å². The van der Waals surface area contributed by atoms with Gasteiger partial charge in [0, 0.05) is 44.5 Å². The van der Waals surface area contributed by atoms with Gasteiger partial charge >= 0.3 is 0 Å². The topological polar surface area (TPSA) is 63.0 Å². The Morgan fingerprint density at radius 1 is 0.962 bits per heavy atom. The number of hydrogen-bond donors (Lipinski definition) is 0. The number of piperazine rings is 1. The molecule has 142 valence electrons. The zero-order valence-electron chi connectivity index (χ0n) is 16.7. The smallest absolute Gasteiger partial charge is 0.245 e. The third kappa shape index (κ3) is 4.20. The second kappa shape index (κ2) is 7.70. The molecule has 0 amide bonds. The van der Waals surface area contributed by atoms with Gasteiger partial charge in [-0.15, -0.1) is 5.10 Å². The molecule has 0 aromatic carbocycles. The van der Waals surface area contributed by atoms with Crippen molar-refractivity contribution in [3.63, 3.8) is 0 Å². The molecule has 1 saturated heterocycles. The largest absolute Gasteiger partial charge is 0.337 e. The Morgan fingerprint density at radius 3 is 2.23 bits per heavy atom. The van der Waals surface area contributed by atoms with Crippen LogP contribution in [0.2, 0.25) is 0 Å². The van der Waals surface area contributed by atoms with E-state index in [-0.39, 0.29) is 5.54 Å². The Kier molecular flexibility index (Phi) is 5.55. The van der Waals surface area contributed by atoms with Crippen LogP contribution in [0.4, 0.5) is 5.95 Å². The zero-order valence-corrected chi connectivity index (χ0v) is 16.7. The highest BCUT2D eigenvalue weighted by Crippen LogP contribution is 2.17. The molecule has 2 aromatic heterocycles. The van der Waals surface area contributed by atoms with Crippen molar-refractivity contribution < 1.29 is 0 Å². The van der Waals surface area contributed by atoms with Crippen molar-refractivity contribution in [2.45, 2.75) is 59.5 Å². The summed E-state index contributed by atoms with van der Waals surface area (Å²) in [5.74, 6) is 0.777. The minimum absolute atomic E-state index is 0.0307. The molecule has 0 bridgehead atoms. The van der Waals surface area contributed by atoms with Crippen LogP contribution in [0.3, 0.4) is 0 Å². The summed E-state index contributed by atoms with van der Waals surface area (Å²) in [4.78, 5) is 9.46. The molecular weight excluding hydrogens is 326 g/mol. The fourth-order valence-electron chi connectivity index (χ4n) is 3.24. The van der Waals surface area contributed by atoms with Crippen molar-refractivity contribution in [3.05, 3.63) is 29.3 Å². The fraction of sp³-hybridized carbons (Fsp3) is 0.684. The summed E-state index contributed by atoms with van der Waals surface area (Å²) in [7, 11) is 0. The van der Waals surface area contributed by atoms with Gasteiger partial charge in [-0.1, -0.05) is 13.8 Å². The van der Waals surface area contributed by atoms with Crippen molar-refractivity contribution in [1.82, 2.24) is 29.9 Å². The summed E-state index contributed by atoms with van der Waals surface area (Å²) in [6.07, 6.45) is 5.95. The van der Waals surface area contributed by atoms with Crippen molar-refractivity contribution in [2.24, 2.45) is 0 Å². The van der Waals surface area contributed by atoms with E-state index in [1.54, 1.807) is 0 Å². The molecule has 1 aliphatic rings. The molecule has 0 saturated carbocycles. The second-order valence-electron chi connectivity index (χ2n) is 7.94. The molecule has 2 aromatic rings. The van der Waals surface area contributed by atoms with Crippen LogP contribution in [0.1, 0.15) is 51.6 Å². The number of anilines is 1. The monoisotopic (exact) mass is 357 g/mol. The van der Waals surface area contributed by atoms with Gasteiger partial charge in [0.05, 0.1) is 23.1 Å². The van der Waals surface area contributed by atoms with Gasteiger partial charge in [-0.2, -0.15) is 10.2 Å². The number of nitrogens with zero attached hydrogens (tertiary/aromatic N) is 7. The third-order valence-corrected chi connectivity index (χ3v) is 4.88. The van der Waals surface area contributed by atoms with Gasteiger partial charge in [-0.05, 0) is 33.6 Å². The minimum atomic E-state index is 0.0307. The van der Waals surface area contributed by atoms with Crippen molar-refractivity contribution in [3.8, 4) is 0 Å². The average molecular weight is 358 g/mol. The normalized spacial score (nSPS) is 16.3. The maximum atomic E-state index is 4.75. The lowest BCUT2D eigenvalue weighted by atomic mass is 10.1. The first-order valence-corrected chi connectivity index (χ1v) is 9.64. The summed E-state index contributed by atoms with van der Waals surface area (Å²) in [5, 5.41) is 13.2. The Morgan fingerprint density at radius 2 is 1.65 bits per heavy atom. The van der Waals surface area contributed by atoms with E-state index in [2.05, 4.69) is 65.9 Å². The van der Waals surface area contributed by atoms with Crippen LogP contribution in [-0.4, -0.2) is 56.0 Å². The summed E-state index contributed by atoms with van der Waals surface area (Å²) >= 11 is 0. The standard InChI is InChI=1S/C19H31N7/c1-6-16-17(7-2)22-23-18(21-16)25-10-8-24(9-11-25)13-15-12-20-26(14-15)19(3,4)5/h12,14H,6-11,13H2,1-5H3. The number of aromatic nitrogens is 5. The van der Waals surface area contributed by atoms with Gasteiger partial charge in [-0.3, -0.25) is 9.58 Å². The third-order valence-electron chi connectivity index (χ3n) is 4.88. The quantitative estimate of drug-likeness (QED) is 0.818. The van der Waals surface area contributed by atoms with Crippen molar-refractivity contribution in [1.29, 1.82) is 0 Å². The van der Waals surface area contributed by atoms with Crippen LogP contribution >= 0.6 is 0 Å². The first-order chi connectivity index (χ1) is 12.4. The minimum Gasteiger partial charge on any atom is -0.337 e. The zero-order chi connectivity index (χ0) is 18.7. The van der Waals surface area contributed by atoms with E-state index in [1.165, 1.54) is 5.56 Å². The van der Waals surface area contributed by atoms with E-state index in [0.29, 0.717) is 0 Å². The predicted molar refractivity (Wildman–Crippen MR) is 103 cm³/mol. The van der Waals surface area contributed by atoms with Crippen LogP contribution in [-0.2, 0) is 24.9 Å². The Hall–Kier alpha value is -2.02. The van der Waals surface area contributed by atoms with Crippen LogP contribution in [0.15, 0.2) is 12.4 Å². The van der Waals surface area contributed by atoms with Gasteiger partial charge in [0.25, 0.3) is 0 Å². The van der Waals surface area contributed by atoms with Crippen LogP contribution in [0.5, 0.6) is 0 Å². The molecule has 26 heavy (non-hydrogen) atoms. The highest BCUT2D eigenvalue weighted by Gasteiger charge is 2.21. The van der Waals surface area contributed by atoms with Crippen molar-refractivity contribution >= 4 is 5.95 Å². The molecule has 0 radical (unpaired) electrons. The summed E-state index contributed by atoms with van der Waals surface area (Å²) in [6, 6.07) is 0. The molecular formula is C19H31N7. The summed E-state index contributed by atoms with van der Waals surface area (Å²) < 4.78 is 2.04. The SMILES string of the molecule is CCc1nnc(N2CCN(Cc3cnn(C(C)(C)C)c3)CC2)nc1CC. The lowest BCUT2D eigenvalue weighted by molar-refractivity contribution is 0.248. The molecule has 1 aliphatic heterocycles. The average Bonchev–Trinajstić information content (AvgIpc) is 3.10. The summed E-state index contributed by atoms with van der Waals surface area (Å²) in [6.45, 7) is 15.6. The van der Waals surface area contributed by atoms with E-state index in [4.69, 9.17) is 4.98 Å². The van der Waals surface area contributed by atoms with Gasteiger partial charge in [0.2, 0.25) is 5.95 Å². The molecule has 0 unspecified atom stereocenters. The molecule has 0 atom stereocenters. The molecule has 0 N–H and O–H groups in total. The first kappa shape index (κ1) is 18.8. The molecule has 0 spiro atoms. The lowest BCUT2D eigenvalue weighted by Gasteiger charge is -2.34. The number of hydrogen-bond acceptors (Lipinski definition) is 6. The highest BCUT2D eigenvalue weighted by molar-refractivity contribution is 5.31. The van der Waals surface area contributed by atoms with E-state index in [1.807, 2.05) is 10.9 Å². The van der Waals surface area contributed by atoms with E-state index in [9.17, 15) is 0 Å². The Labute approximate surface area is 156 Å². The molecule has 0 aliphatic carbocycles. The Bertz CT molecular complexity index is 724. The first-order valence-electron chi connectivity index (χ1n) is 9.64. The number of rotatable bonds is 5. The maximum absolute atomic E-state index is 4.75. The molecule has 3 rings (SSSR count). The molecule has 7 heteroatoms. The molecule has 3 heterocycles. The number of aryl methyl sites for hydroxylation is 2. The van der Waals surface area contributed by atoms with Crippen LogP contribution in [0, 0.1) is 0 Å². The van der Waals surface area contributed by atoms with Gasteiger partial charge in [-0.25, -0.2) is 4.98 Å². The van der Waals surface area contributed by atoms with E-state index < -0.39 is 0 Å². The van der Waals surface area contributed by atoms with E-state index in [0.717, 1.165) is 62.9 Å². The van der Waals surface area contributed by atoms with Gasteiger partial charge < -0.3 is 4.90 Å². The second-order valence-corrected chi connectivity index (χ2v) is 7.94. The van der Waals surface area contributed by atoms with Gasteiger partial charge in [0.1, 0.15) is 0 Å². The highest BCUT2D eigenvalue weighted by atomic mass is 15.4. The summed E-state index contributed by atoms with van der Waals surface area (Å²) in [5.41, 5.74) is 3.40. The predicted octanol–water partition coefficient (Wildman–Crippen LogP) is 2.27.